The minimum atomic E-state index is -1.55. The highest BCUT2D eigenvalue weighted by molar-refractivity contribution is 5.35. The first-order valence-electron chi connectivity index (χ1n) is 5.79. The first kappa shape index (κ1) is 13.5. The number of nitrogens with zero attached hydrogens (tertiary/aromatic N) is 1. The summed E-state index contributed by atoms with van der Waals surface area (Å²) >= 11 is 0. The van der Waals surface area contributed by atoms with Gasteiger partial charge >= 0.3 is 0 Å². The number of H-pyrrole nitrogens is 1. The highest BCUT2D eigenvalue weighted by Crippen LogP contribution is 2.18. The van der Waals surface area contributed by atoms with Gasteiger partial charge in [0.15, 0.2) is 17.5 Å². The average molecular weight is 270 g/mol. The van der Waals surface area contributed by atoms with E-state index in [4.69, 9.17) is 0 Å². The molecule has 1 heterocycles. The van der Waals surface area contributed by atoms with Crippen LogP contribution in [-0.4, -0.2) is 9.78 Å². The summed E-state index contributed by atoms with van der Waals surface area (Å²) in [6, 6.07) is 1.56. The zero-order valence-electron chi connectivity index (χ0n) is 10.7. The quantitative estimate of drug-likeness (QED) is 0.837. The highest BCUT2D eigenvalue weighted by atomic mass is 19.2. The second kappa shape index (κ2) is 4.60. The Morgan fingerprint density at radius 1 is 1.16 bits per heavy atom. The first-order chi connectivity index (χ1) is 8.82. The van der Waals surface area contributed by atoms with E-state index in [1.165, 1.54) is 0 Å². The number of aromatic amines is 1. The van der Waals surface area contributed by atoms with Gasteiger partial charge in [-0.25, -0.2) is 17.9 Å². The molecular weight excluding hydrogens is 257 g/mol. The van der Waals surface area contributed by atoms with Crippen LogP contribution in [0.2, 0.25) is 0 Å². The molecule has 0 fully saturated rings. The van der Waals surface area contributed by atoms with Crippen molar-refractivity contribution in [3.63, 3.8) is 0 Å². The van der Waals surface area contributed by atoms with Gasteiger partial charge in [0.2, 0.25) is 0 Å². The molecule has 1 N–H and O–H groups in total. The largest absolute Gasteiger partial charge is 0.295 e. The molecule has 0 atom stereocenters. The van der Waals surface area contributed by atoms with Gasteiger partial charge in [-0.2, -0.15) is 0 Å². The van der Waals surface area contributed by atoms with Gasteiger partial charge in [0.1, 0.15) is 0 Å². The van der Waals surface area contributed by atoms with Crippen molar-refractivity contribution in [3.8, 4) is 5.69 Å². The van der Waals surface area contributed by atoms with Crippen LogP contribution in [0.25, 0.3) is 5.69 Å². The van der Waals surface area contributed by atoms with Crippen molar-refractivity contribution in [2.24, 2.45) is 0 Å². The van der Waals surface area contributed by atoms with Crippen LogP contribution in [0.5, 0.6) is 0 Å². The van der Waals surface area contributed by atoms with E-state index in [-0.39, 0.29) is 11.6 Å². The SMILES string of the molecule is Cc1[nH]n(-c2cc(F)c(F)c(F)c2)c(=O)c1C(C)C. The molecule has 0 aliphatic heterocycles. The Balaban J connectivity index is 2.67. The van der Waals surface area contributed by atoms with Crippen molar-refractivity contribution in [1.82, 2.24) is 9.78 Å². The Kier molecular flexibility index (Phi) is 3.26. The molecule has 0 aliphatic carbocycles. The van der Waals surface area contributed by atoms with Gasteiger partial charge in [-0.1, -0.05) is 13.8 Å². The fourth-order valence-corrected chi connectivity index (χ4v) is 2.09. The summed E-state index contributed by atoms with van der Waals surface area (Å²) in [5.74, 6) is -4.25. The molecule has 0 saturated heterocycles. The maximum atomic E-state index is 13.2. The summed E-state index contributed by atoms with van der Waals surface area (Å²) in [7, 11) is 0. The molecule has 0 radical (unpaired) electrons. The summed E-state index contributed by atoms with van der Waals surface area (Å²) in [4.78, 5) is 12.1. The van der Waals surface area contributed by atoms with E-state index in [1.807, 2.05) is 13.8 Å². The van der Waals surface area contributed by atoms with Crippen molar-refractivity contribution in [3.05, 3.63) is 51.2 Å². The van der Waals surface area contributed by atoms with Crippen LogP contribution in [0.4, 0.5) is 13.2 Å². The predicted octanol–water partition coefficient (Wildman–Crippen LogP) is 3.01. The predicted molar refractivity (Wildman–Crippen MR) is 65.1 cm³/mol. The summed E-state index contributed by atoms with van der Waals surface area (Å²) in [6.07, 6.45) is 0. The molecule has 0 saturated carbocycles. The van der Waals surface area contributed by atoms with Crippen LogP contribution in [0, 0.1) is 24.4 Å². The topological polar surface area (TPSA) is 37.8 Å². The lowest BCUT2D eigenvalue weighted by atomic mass is 10.1. The Morgan fingerprint density at radius 2 is 1.68 bits per heavy atom. The third-order valence-electron chi connectivity index (χ3n) is 2.92. The van der Waals surface area contributed by atoms with Crippen LogP contribution < -0.4 is 5.56 Å². The Labute approximate surface area is 107 Å². The van der Waals surface area contributed by atoms with Gasteiger partial charge in [-0.3, -0.25) is 9.89 Å². The lowest BCUT2D eigenvalue weighted by Crippen LogP contribution is -2.18. The maximum Gasteiger partial charge on any atom is 0.274 e. The molecule has 1 aromatic carbocycles. The Morgan fingerprint density at radius 3 is 2.11 bits per heavy atom. The number of hydrogen-bond acceptors (Lipinski definition) is 1. The fraction of sp³-hybridized carbons (Fsp3) is 0.308. The minimum absolute atomic E-state index is 0.0276. The zero-order valence-corrected chi connectivity index (χ0v) is 10.7. The van der Waals surface area contributed by atoms with Gasteiger partial charge in [0, 0.05) is 23.4 Å². The molecule has 0 amide bonds. The lowest BCUT2D eigenvalue weighted by molar-refractivity contribution is 0.445. The van der Waals surface area contributed by atoms with Crippen molar-refractivity contribution in [1.29, 1.82) is 0 Å². The molecular formula is C13H13F3N2O. The molecule has 2 rings (SSSR count). The third-order valence-corrected chi connectivity index (χ3v) is 2.92. The molecule has 102 valence electrons. The van der Waals surface area contributed by atoms with Gasteiger partial charge in [-0.05, 0) is 12.8 Å². The standard InChI is InChI=1S/C13H13F3N2O/c1-6(2)11-7(3)17-18(13(11)19)8-4-9(14)12(16)10(15)5-8/h4-6,17H,1-3H3. The molecule has 2 aromatic rings. The van der Waals surface area contributed by atoms with Crippen LogP contribution in [0.1, 0.15) is 31.0 Å². The Bertz CT molecular complexity index is 663. The van der Waals surface area contributed by atoms with E-state index in [1.54, 1.807) is 6.92 Å². The first-order valence-corrected chi connectivity index (χ1v) is 5.79. The number of nitrogens with one attached hydrogen (secondary N) is 1. The van der Waals surface area contributed by atoms with Gasteiger partial charge in [0.05, 0.1) is 5.69 Å². The maximum absolute atomic E-state index is 13.2. The average Bonchev–Trinajstić information content (AvgIpc) is 2.61. The van der Waals surface area contributed by atoms with Crippen LogP contribution >= 0.6 is 0 Å². The molecule has 6 heteroatoms. The summed E-state index contributed by atoms with van der Waals surface area (Å²) in [5, 5.41) is 2.73. The summed E-state index contributed by atoms with van der Waals surface area (Å²) in [5.41, 5.74) is 0.685. The number of rotatable bonds is 2. The molecule has 19 heavy (non-hydrogen) atoms. The number of benzene rings is 1. The van der Waals surface area contributed by atoms with Crippen LogP contribution in [0.15, 0.2) is 16.9 Å². The molecule has 0 bridgehead atoms. The Hall–Kier alpha value is -1.98. The summed E-state index contributed by atoms with van der Waals surface area (Å²) in [6.45, 7) is 5.38. The van der Waals surface area contributed by atoms with Crippen LogP contribution in [0.3, 0.4) is 0 Å². The van der Waals surface area contributed by atoms with Crippen molar-refractivity contribution < 1.29 is 13.2 Å². The van der Waals surface area contributed by atoms with Crippen molar-refractivity contribution in [2.45, 2.75) is 26.7 Å². The lowest BCUT2D eigenvalue weighted by Gasteiger charge is -2.03. The second-order valence-electron chi connectivity index (χ2n) is 4.67. The molecule has 1 aromatic heterocycles. The molecule has 0 spiro atoms. The normalized spacial score (nSPS) is 11.3. The number of hydrogen-bond donors (Lipinski definition) is 1. The van der Waals surface area contributed by atoms with E-state index in [0.29, 0.717) is 11.3 Å². The molecule has 3 nitrogen and oxygen atoms in total. The fourth-order valence-electron chi connectivity index (χ4n) is 2.09. The third kappa shape index (κ3) is 2.18. The number of aromatic nitrogens is 2. The van der Waals surface area contributed by atoms with E-state index < -0.39 is 23.0 Å². The minimum Gasteiger partial charge on any atom is -0.295 e. The number of aryl methyl sites for hydroxylation is 1. The van der Waals surface area contributed by atoms with E-state index >= 15 is 0 Å². The van der Waals surface area contributed by atoms with E-state index in [9.17, 15) is 18.0 Å². The second-order valence-corrected chi connectivity index (χ2v) is 4.67. The van der Waals surface area contributed by atoms with Gasteiger partial charge in [0.25, 0.3) is 5.56 Å². The monoisotopic (exact) mass is 270 g/mol. The molecule has 0 unspecified atom stereocenters. The van der Waals surface area contributed by atoms with Gasteiger partial charge in [-0.15, -0.1) is 0 Å². The van der Waals surface area contributed by atoms with Crippen molar-refractivity contribution >= 4 is 0 Å². The highest BCUT2D eigenvalue weighted by Gasteiger charge is 2.18. The molecule has 0 aliphatic rings. The van der Waals surface area contributed by atoms with Crippen LogP contribution in [-0.2, 0) is 0 Å². The van der Waals surface area contributed by atoms with E-state index in [0.717, 1.165) is 16.8 Å². The smallest absolute Gasteiger partial charge is 0.274 e. The van der Waals surface area contributed by atoms with Gasteiger partial charge < -0.3 is 0 Å². The van der Waals surface area contributed by atoms with E-state index in [2.05, 4.69) is 5.10 Å². The zero-order chi connectivity index (χ0) is 14.3. The number of halogens is 3. The van der Waals surface area contributed by atoms with Crippen molar-refractivity contribution in [2.75, 3.05) is 0 Å². The summed E-state index contributed by atoms with van der Waals surface area (Å²) < 4.78 is 40.3.